The van der Waals surface area contributed by atoms with E-state index in [-0.39, 0.29) is 0 Å². The molecule has 2 fully saturated rings. The average molecular weight is 169 g/mol. The zero-order chi connectivity index (χ0) is 8.23. The van der Waals surface area contributed by atoms with Gasteiger partial charge in [-0.05, 0) is 31.8 Å². The quantitative estimate of drug-likeness (QED) is 0.599. The summed E-state index contributed by atoms with van der Waals surface area (Å²) < 4.78 is 5.41. The molecule has 2 aliphatic heterocycles. The van der Waals surface area contributed by atoms with Gasteiger partial charge in [-0.1, -0.05) is 0 Å². The van der Waals surface area contributed by atoms with Crippen LogP contribution in [-0.2, 0) is 4.74 Å². The van der Waals surface area contributed by atoms with Gasteiger partial charge < -0.3 is 10.1 Å². The van der Waals surface area contributed by atoms with E-state index < -0.39 is 0 Å². The molecule has 0 aromatic rings. The minimum atomic E-state index is 0.478. The first-order chi connectivity index (χ1) is 5.97. The van der Waals surface area contributed by atoms with E-state index in [1.54, 1.807) is 0 Å². The standard InChI is InChI=1S/C9H17N2O/c1-2-8(6-10-3-1)9-7-12-5-4-11-9/h8-10H,1-7H2. The van der Waals surface area contributed by atoms with E-state index in [1.807, 2.05) is 0 Å². The van der Waals surface area contributed by atoms with E-state index >= 15 is 0 Å². The normalized spacial score (nSPS) is 38.0. The molecule has 2 saturated heterocycles. The lowest BCUT2D eigenvalue weighted by atomic mass is 9.92. The van der Waals surface area contributed by atoms with Crippen LogP contribution in [0.5, 0.6) is 0 Å². The molecule has 1 N–H and O–H groups in total. The van der Waals surface area contributed by atoms with Gasteiger partial charge >= 0.3 is 0 Å². The first-order valence-electron chi connectivity index (χ1n) is 4.92. The second-order valence-electron chi connectivity index (χ2n) is 3.65. The number of hydrogen-bond acceptors (Lipinski definition) is 2. The van der Waals surface area contributed by atoms with Crippen LogP contribution in [0.3, 0.4) is 0 Å². The lowest BCUT2D eigenvalue weighted by molar-refractivity contribution is 0.0491. The maximum atomic E-state index is 5.41. The van der Waals surface area contributed by atoms with Crippen molar-refractivity contribution in [2.24, 2.45) is 5.92 Å². The fraction of sp³-hybridized carbons (Fsp3) is 1.00. The number of rotatable bonds is 1. The minimum Gasteiger partial charge on any atom is -0.378 e. The highest BCUT2D eigenvalue weighted by atomic mass is 16.5. The number of nitrogens with zero attached hydrogens (tertiary/aromatic N) is 1. The third kappa shape index (κ3) is 1.97. The fourth-order valence-electron chi connectivity index (χ4n) is 2.03. The molecule has 2 unspecified atom stereocenters. The van der Waals surface area contributed by atoms with Crippen molar-refractivity contribution in [3.8, 4) is 0 Å². The van der Waals surface area contributed by atoms with Crippen molar-refractivity contribution in [2.75, 3.05) is 32.8 Å². The van der Waals surface area contributed by atoms with Gasteiger partial charge in [-0.15, -0.1) is 0 Å². The highest BCUT2D eigenvalue weighted by Crippen LogP contribution is 2.16. The molecule has 3 nitrogen and oxygen atoms in total. The molecule has 0 saturated carbocycles. The summed E-state index contributed by atoms with van der Waals surface area (Å²) in [7, 11) is 0. The smallest absolute Gasteiger partial charge is 0.0639 e. The molecular formula is C9H17N2O. The minimum absolute atomic E-state index is 0.478. The first kappa shape index (κ1) is 8.48. The van der Waals surface area contributed by atoms with E-state index in [9.17, 15) is 0 Å². The maximum Gasteiger partial charge on any atom is 0.0639 e. The van der Waals surface area contributed by atoms with Crippen molar-refractivity contribution >= 4 is 0 Å². The Morgan fingerprint density at radius 2 is 2.42 bits per heavy atom. The largest absolute Gasteiger partial charge is 0.378 e. The number of nitrogens with one attached hydrogen (secondary N) is 1. The van der Waals surface area contributed by atoms with Crippen LogP contribution >= 0.6 is 0 Å². The fourth-order valence-corrected chi connectivity index (χ4v) is 2.03. The van der Waals surface area contributed by atoms with Gasteiger partial charge in [0, 0.05) is 6.54 Å². The van der Waals surface area contributed by atoms with Crippen LogP contribution in [-0.4, -0.2) is 38.9 Å². The second kappa shape index (κ2) is 4.21. The zero-order valence-electron chi connectivity index (χ0n) is 7.46. The molecule has 3 heteroatoms. The van der Waals surface area contributed by atoms with Crippen molar-refractivity contribution in [3.63, 3.8) is 0 Å². The van der Waals surface area contributed by atoms with Gasteiger partial charge in [-0.2, -0.15) is 0 Å². The zero-order valence-corrected chi connectivity index (χ0v) is 7.46. The van der Waals surface area contributed by atoms with Gasteiger partial charge in [-0.25, -0.2) is 5.32 Å². The van der Waals surface area contributed by atoms with Crippen LogP contribution < -0.4 is 10.6 Å². The summed E-state index contributed by atoms with van der Waals surface area (Å²) in [5, 5.41) is 8.00. The van der Waals surface area contributed by atoms with E-state index in [0.717, 1.165) is 32.2 Å². The second-order valence-corrected chi connectivity index (χ2v) is 3.65. The Kier molecular flexibility index (Phi) is 2.98. The van der Waals surface area contributed by atoms with Crippen LogP contribution in [0.4, 0.5) is 0 Å². The van der Waals surface area contributed by atoms with Gasteiger partial charge in [0.15, 0.2) is 0 Å². The van der Waals surface area contributed by atoms with Gasteiger partial charge in [0.05, 0.1) is 19.3 Å². The summed E-state index contributed by atoms with van der Waals surface area (Å²) in [5.41, 5.74) is 0. The Hall–Kier alpha value is -0.120. The molecule has 2 rings (SSSR count). The van der Waals surface area contributed by atoms with Crippen molar-refractivity contribution in [2.45, 2.75) is 18.9 Å². The maximum absolute atomic E-state index is 5.41. The Morgan fingerprint density at radius 3 is 3.08 bits per heavy atom. The molecule has 0 bridgehead atoms. The predicted molar refractivity (Wildman–Crippen MR) is 47.2 cm³/mol. The Balaban J connectivity index is 1.80. The number of ether oxygens (including phenoxy) is 1. The molecule has 0 aromatic heterocycles. The number of morpholine rings is 1. The van der Waals surface area contributed by atoms with Crippen LogP contribution in [0.1, 0.15) is 12.8 Å². The van der Waals surface area contributed by atoms with Crippen molar-refractivity contribution < 1.29 is 4.74 Å². The summed E-state index contributed by atoms with van der Waals surface area (Å²) in [6.45, 7) is 4.91. The number of hydrogen-bond donors (Lipinski definition) is 1. The van der Waals surface area contributed by atoms with Gasteiger partial charge in [0.1, 0.15) is 0 Å². The van der Waals surface area contributed by atoms with Crippen LogP contribution in [0.25, 0.3) is 0 Å². The summed E-state index contributed by atoms with van der Waals surface area (Å²) in [4.78, 5) is 0. The van der Waals surface area contributed by atoms with E-state index in [0.29, 0.717) is 6.04 Å². The summed E-state index contributed by atoms with van der Waals surface area (Å²) in [5.74, 6) is 0.735. The van der Waals surface area contributed by atoms with Gasteiger partial charge in [-0.3, -0.25) is 0 Å². The molecule has 2 heterocycles. The van der Waals surface area contributed by atoms with Crippen molar-refractivity contribution in [3.05, 3.63) is 0 Å². The molecule has 0 aliphatic carbocycles. The SMILES string of the molecule is C1CNCC(C2COCC[N]2)C1. The van der Waals surface area contributed by atoms with Gasteiger partial charge in [0.25, 0.3) is 0 Å². The molecule has 69 valence electrons. The van der Waals surface area contributed by atoms with E-state index in [2.05, 4.69) is 10.6 Å². The average Bonchev–Trinajstić information content (AvgIpc) is 2.21. The van der Waals surface area contributed by atoms with Crippen molar-refractivity contribution in [1.29, 1.82) is 0 Å². The monoisotopic (exact) mass is 169 g/mol. The highest BCUT2D eigenvalue weighted by molar-refractivity contribution is 4.82. The molecule has 0 amide bonds. The van der Waals surface area contributed by atoms with Crippen LogP contribution in [0, 0.1) is 5.92 Å². The lowest BCUT2D eigenvalue weighted by Crippen LogP contribution is -2.46. The Morgan fingerprint density at radius 1 is 1.42 bits per heavy atom. The third-order valence-corrected chi connectivity index (χ3v) is 2.77. The summed E-state index contributed by atoms with van der Waals surface area (Å²) >= 11 is 0. The summed E-state index contributed by atoms with van der Waals surface area (Å²) in [6, 6.07) is 0.478. The van der Waals surface area contributed by atoms with Gasteiger partial charge in [0.2, 0.25) is 0 Å². The first-order valence-corrected chi connectivity index (χ1v) is 4.92. The molecule has 1 radical (unpaired) electrons. The van der Waals surface area contributed by atoms with E-state index in [1.165, 1.54) is 19.4 Å². The lowest BCUT2D eigenvalue weighted by Gasteiger charge is -2.32. The Labute approximate surface area is 73.9 Å². The summed E-state index contributed by atoms with van der Waals surface area (Å²) in [6.07, 6.45) is 2.63. The molecule has 2 atom stereocenters. The molecule has 0 spiro atoms. The topological polar surface area (TPSA) is 35.4 Å². The van der Waals surface area contributed by atoms with E-state index in [4.69, 9.17) is 4.74 Å². The van der Waals surface area contributed by atoms with Crippen LogP contribution in [0.15, 0.2) is 0 Å². The highest BCUT2D eigenvalue weighted by Gasteiger charge is 2.25. The molecule has 0 aromatic carbocycles. The number of piperidine rings is 1. The third-order valence-electron chi connectivity index (χ3n) is 2.77. The molecule has 12 heavy (non-hydrogen) atoms. The predicted octanol–water partition coefficient (Wildman–Crippen LogP) is -0.0108. The van der Waals surface area contributed by atoms with Crippen LogP contribution in [0.2, 0.25) is 0 Å². The van der Waals surface area contributed by atoms with Crippen molar-refractivity contribution in [1.82, 2.24) is 10.6 Å². The molecule has 2 aliphatic rings. The molecular weight excluding hydrogens is 152 g/mol. The Bertz CT molecular complexity index is 112.